The lowest BCUT2D eigenvalue weighted by Gasteiger charge is -2.17. The first-order valence-electron chi connectivity index (χ1n) is 6.84. The summed E-state index contributed by atoms with van der Waals surface area (Å²) in [7, 11) is 1.78. The molecule has 0 aliphatic rings. The number of ether oxygens (including phenoxy) is 1. The van der Waals surface area contributed by atoms with Gasteiger partial charge >= 0.3 is 0 Å². The molecule has 21 heavy (non-hydrogen) atoms. The van der Waals surface area contributed by atoms with Gasteiger partial charge in [-0.1, -0.05) is 46.3 Å². The number of benzene rings is 2. The lowest BCUT2D eigenvalue weighted by atomic mass is 10.1. The molecule has 0 heterocycles. The molecule has 110 valence electrons. The minimum atomic E-state index is -0.0276. The fourth-order valence-electron chi connectivity index (χ4n) is 1.89. The topological polar surface area (TPSA) is 29.5 Å². The molecule has 3 nitrogen and oxygen atoms in total. The van der Waals surface area contributed by atoms with Crippen LogP contribution in [0.1, 0.15) is 22.8 Å². The second-order valence-electron chi connectivity index (χ2n) is 4.70. The Morgan fingerprint density at radius 1 is 1.14 bits per heavy atom. The van der Waals surface area contributed by atoms with Crippen molar-refractivity contribution in [1.82, 2.24) is 4.90 Å². The van der Waals surface area contributed by atoms with Gasteiger partial charge in [-0.15, -0.1) is 0 Å². The molecular weight excluding hydrogens is 330 g/mol. The Hall–Kier alpha value is -1.81. The van der Waals surface area contributed by atoms with Crippen LogP contribution >= 0.6 is 15.9 Å². The maximum atomic E-state index is 12.3. The van der Waals surface area contributed by atoms with Crippen LogP contribution in [0.2, 0.25) is 0 Å². The molecule has 0 saturated carbocycles. The first-order chi connectivity index (χ1) is 10.1. The lowest BCUT2D eigenvalue weighted by Crippen LogP contribution is -2.26. The zero-order valence-electron chi connectivity index (χ0n) is 12.2. The van der Waals surface area contributed by atoms with E-state index < -0.39 is 0 Å². The average Bonchev–Trinajstić information content (AvgIpc) is 2.53. The average molecular weight is 348 g/mol. The maximum absolute atomic E-state index is 12.3. The number of para-hydroxylation sites is 1. The number of halogens is 1. The molecule has 2 rings (SSSR count). The molecule has 0 spiro atoms. The van der Waals surface area contributed by atoms with Gasteiger partial charge in [0.15, 0.2) is 0 Å². The summed E-state index contributed by atoms with van der Waals surface area (Å²) in [5.41, 5.74) is 1.64. The van der Waals surface area contributed by atoms with Crippen LogP contribution in [0.5, 0.6) is 5.75 Å². The van der Waals surface area contributed by atoms with Crippen LogP contribution in [-0.4, -0.2) is 24.4 Å². The summed E-state index contributed by atoms with van der Waals surface area (Å²) >= 11 is 3.50. The Balaban J connectivity index is 2.17. The van der Waals surface area contributed by atoms with Gasteiger partial charge < -0.3 is 9.64 Å². The summed E-state index contributed by atoms with van der Waals surface area (Å²) < 4.78 is 6.84. The number of rotatable bonds is 5. The van der Waals surface area contributed by atoms with Crippen LogP contribution in [0.25, 0.3) is 0 Å². The molecule has 0 radical (unpaired) electrons. The van der Waals surface area contributed by atoms with E-state index in [-0.39, 0.29) is 5.91 Å². The van der Waals surface area contributed by atoms with E-state index in [2.05, 4.69) is 15.9 Å². The predicted molar refractivity (Wildman–Crippen MR) is 87.6 cm³/mol. The van der Waals surface area contributed by atoms with Gasteiger partial charge in [0, 0.05) is 23.6 Å². The van der Waals surface area contributed by atoms with Crippen LogP contribution < -0.4 is 4.74 Å². The van der Waals surface area contributed by atoms with E-state index >= 15 is 0 Å². The van der Waals surface area contributed by atoms with Crippen molar-refractivity contribution in [2.75, 3.05) is 13.6 Å². The Bertz CT molecular complexity index is 628. The van der Waals surface area contributed by atoms with E-state index in [4.69, 9.17) is 4.74 Å². The number of carbonyl (C=O) groups excluding carboxylic acids is 1. The highest BCUT2D eigenvalue weighted by Gasteiger charge is 2.15. The minimum Gasteiger partial charge on any atom is -0.488 e. The summed E-state index contributed by atoms with van der Waals surface area (Å²) in [6.07, 6.45) is 0. The second-order valence-corrected chi connectivity index (χ2v) is 5.55. The summed E-state index contributed by atoms with van der Waals surface area (Å²) in [4.78, 5) is 14.0. The predicted octanol–water partition coefficient (Wildman–Crippen LogP) is 4.12. The highest BCUT2D eigenvalue weighted by atomic mass is 79.9. The molecule has 0 aliphatic heterocycles. The van der Waals surface area contributed by atoms with Gasteiger partial charge in [-0.2, -0.15) is 0 Å². The SMILES string of the molecule is CCN(C)C(=O)c1ccccc1OCc1ccccc1Br. The van der Waals surface area contributed by atoms with Crippen molar-refractivity contribution < 1.29 is 9.53 Å². The van der Waals surface area contributed by atoms with Crippen molar-refractivity contribution in [3.8, 4) is 5.75 Å². The van der Waals surface area contributed by atoms with E-state index in [1.807, 2.05) is 49.4 Å². The molecule has 1 amide bonds. The van der Waals surface area contributed by atoms with Crippen molar-refractivity contribution >= 4 is 21.8 Å². The third kappa shape index (κ3) is 3.85. The van der Waals surface area contributed by atoms with Crippen molar-refractivity contribution in [2.45, 2.75) is 13.5 Å². The zero-order chi connectivity index (χ0) is 15.2. The van der Waals surface area contributed by atoms with Crippen LogP contribution in [-0.2, 0) is 6.61 Å². The lowest BCUT2D eigenvalue weighted by molar-refractivity contribution is 0.0797. The normalized spacial score (nSPS) is 10.2. The van der Waals surface area contributed by atoms with Gasteiger partial charge in [0.2, 0.25) is 0 Å². The first-order valence-corrected chi connectivity index (χ1v) is 7.63. The third-order valence-electron chi connectivity index (χ3n) is 3.28. The van der Waals surface area contributed by atoms with Crippen molar-refractivity contribution in [2.24, 2.45) is 0 Å². The van der Waals surface area contributed by atoms with E-state index in [1.54, 1.807) is 18.0 Å². The molecule has 0 N–H and O–H groups in total. The molecule has 2 aromatic carbocycles. The standard InChI is InChI=1S/C17H18BrNO2/c1-3-19(2)17(20)14-9-5-7-11-16(14)21-12-13-8-4-6-10-15(13)18/h4-11H,3,12H2,1-2H3. The monoisotopic (exact) mass is 347 g/mol. The fraction of sp³-hybridized carbons (Fsp3) is 0.235. The van der Waals surface area contributed by atoms with E-state index in [1.165, 1.54) is 0 Å². The third-order valence-corrected chi connectivity index (χ3v) is 4.05. The molecule has 0 unspecified atom stereocenters. The largest absolute Gasteiger partial charge is 0.488 e. The first kappa shape index (κ1) is 15.6. The zero-order valence-corrected chi connectivity index (χ0v) is 13.8. The molecule has 4 heteroatoms. The molecule has 0 saturated heterocycles. The molecular formula is C17H18BrNO2. The van der Waals surface area contributed by atoms with Crippen LogP contribution in [0.15, 0.2) is 53.0 Å². The molecule has 0 bridgehead atoms. The Labute approximate surface area is 133 Å². The molecule has 0 aliphatic carbocycles. The quantitative estimate of drug-likeness (QED) is 0.814. The Morgan fingerprint density at radius 3 is 2.52 bits per heavy atom. The highest BCUT2D eigenvalue weighted by molar-refractivity contribution is 9.10. The van der Waals surface area contributed by atoms with Gasteiger partial charge in [-0.3, -0.25) is 4.79 Å². The fourth-order valence-corrected chi connectivity index (χ4v) is 2.29. The second kappa shape index (κ2) is 7.27. The van der Waals surface area contributed by atoms with Gasteiger partial charge in [-0.05, 0) is 25.1 Å². The highest BCUT2D eigenvalue weighted by Crippen LogP contribution is 2.23. The van der Waals surface area contributed by atoms with E-state index in [0.29, 0.717) is 24.5 Å². The summed E-state index contributed by atoms with van der Waals surface area (Å²) in [5.74, 6) is 0.582. The molecule has 0 fully saturated rings. The Morgan fingerprint density at radius 2 is 1.81 bits per heavy atom. The van der Waals surface area contributed by atoms with Crippen LogP contribution in [0, 0.1) is 0 Å². The van der Waals surface area contributed by atoms with Gasteiger partial charge in [0.25, 0.3) is 5.91 Å². The van der Waals surface area contributed by atoms with Gasteiger partial charge in [-0.25, -0.2) is 0 Å². The molecule has 0 aromatic heterocycles. The summed E-state index contributed by atoms with van der Waals surface area (Å²) in [6.45, 7) is 3.03. The number of carbonyl (C=O) groups is 1. The van der Waals surface area contributed by atoms with Gasteiger partial charge in [0.05, 0.1) is 5.56 Å². The van der Waals surface area contributed by atoms with Gasteiger partial charge in [0.1, 0.15) is 12.4 Å². The van der Waals surface area contributed by atoms with Crippen molar-refractivity contribution in [3.05, 3.63) is 64.1 Å². The number of hydrogen-bond acceptors (Lipinski definition) is 2. The Kier molecular flexibility index (Phi) is 5.39. The number of hydrogen-bond donors (Lipinski definition) is 0. The maximum Gasteiger partial charge on any atom is 0.257 e. The van der Waals surface area contributed by atoms with E-state index in [9.17, 15) is 4.79 Å². The molecule has 0 atom stereocenters. The minimum absolute atomic E-state index is 0.0276. The summed E-state index contributed by atoms with van der Waals surface area (Å²) in [5, 5.41) is 0. The van der Waals surface area contributed by atoms with E-state index in [0.717, 1.165) is 10.0 Å². The number of amides is 1. The summed E-state index contributed by atoms with van der Waals surface area (Å²) in [6, 6.07) is 15.2. The van der Waals surface area contributed by atoms with Crippen LogP contribution in [0.4, 0.5) is 0 Å². The van der Waals surface area contributed by atoms with Crippen LogP contribution in [0.3, 0.4) is 0 Å². The molecule has 2 aromatic rings. The number of nitrogens with zero attached hydrogens (tertiary/aromatic N) is 1. The smallest absolute Gasteiger partial charge is 0.257 e. The van der Waals surface area contributed by atoms with Crippen molar-refractivity contribution in [1.29, 1.82) is 0 Å². The van der Waals surface area contributed by atoms with Crippen molar-refractivity contribution in [3.63, 3.8) is 0 Å².